The fourth-order valence-electron chi connectivity index (χ4n) is 1.35. The number of rotatable bonds is 1. The van der Waals surface area contributed by atoms with Gasteiger partial charge in [0.05, 0.1) is 18.6 Å². The molecule has 2 aliphatic heterocycles. The maximum atomic E-state index is 5.26. The second-order valence-electron chi connectivity index (χ2n) is 2.78. The van der Waals surface area contributed by atoms with Crippen LogP contribution in [0.25, 0.3) is 0 Å². The number of thioether (sulfide) groups is 1. The third-order valence-electron chi connectivity index (χ3n) is 2.04. The van der Waals surface area contributed by atoms with Crippen LogP contribution in [0, 0.1) is 0 Å². The van der Waals surface area contributed by atoms with Crippen LogP contribution in [0.4, 0.5) is 0 Å². The fourth-order valence-corrected chi connectivity index (χ4v) is 2.78. The molecule has 1 unspecified atom stereocenters. The lowest BCUT2D eigenvalue weighted by atomic mass is 10.3. The highest BCUT2D eigenvalue weighted by Gasteiger charge is 2.31. The van der Waals surface area contributed by atoms with Gasteiger partial charge in [0.25, 0.3) is 0 Å². The molecule has 0 aromatic carbocycles. The van der Waals surface area contributed by atoms with Crippen molar-refractivity contribution in [3.05, 3.63) is 0 Å². The van der Waals surface area contributed by atoms with E-state index < -0.39 is 0 Å². The minimum atomic E-state index is 0.536. The highest BCUT2D eigenvalue weighted by atomic mass is 32.2. The van der Waals surface area contributed by atoms with Crippen LogP contribution in [-0.4, -0.2) is 47.2 Å². The van der Waals surface area contributed by atoms with Crippen molar-refractivity contribution in [3.63, 3.8) is 0 Å². The van der Waals surface area contributed by atoms with Crippen LogP contribution in [0.2, 0.25) is 0 Å². The Morgan fingerprint density at radius 1 is 1.45 bits per heavy atom. The van der Waals surface area contributed by atoms with Crippen molar-refractivity contribution in [2.45, 2.75) is 5.37 Å². The number of thiocarbonyl (C=S) groups is 1. The van der Waals surface area contributed by atoms with E-state index >= 15 is 0 Å². The average molecular weight is 189 g/mol. The van der Waals surface area contributed by atoms with Gasteiger partial charge in [0.2, 0.25) is 0 Å². The molecular formula is C7H11NOS2. The number of morpholine rings is 1. The second-order valence-corrected chi connectivity index (χ2v) is 4.37. The van der Waals surface area contributed by atoms with Gasteiger partial charge in [-0.1, -0.05) is 12.2 Å². The summed E-state index contributed by atoms with van der Waals surface area (Å²) in [6, 6.07) is 0. The predicted molar refractivity (Wildman–Crippen MR) is 51.2 cm³/mol. The quantitative estimate of drug-likeness (QED) is 0.564. The van der Waals surface area contributed by atoms with Crippen LogP contribution in [0.3, 0.4) is 0 Å². The molecule has 11 heavy (non-hydrogen) atoms. The third kappa shape index (κ3) is 1.59. The van der Waals surface area contributed by atoms with Crippen LogP contribution in [0.15, 0.2) is 0 Å². The van der Waals surface area contributed by atoms with Crippen LogP contribution in [0.1, 0.15) is 0 Å². The van der Waals surface area contributed by atoms with E-state index in [9.17, 15) is 0 Å². The van der Waals surface area contributed by atoms with Gasteiger partial charge in [0.15, 0.2) is 0 Å². The molecule has 0 aromatic rings. The zero-order valence-electron chi connectivity index (χ0n) is 6.28. The lowest BCUT2D eigenvalue weighted by Crippen LogP contribution is -2.50. The average Bonchev–Trinajstić information content (AvgIpc) is 2.04. The van der Waals surface area contributed by atoms with Crippen molar-refractivity contribution in [3.8, 4) is 0 Å². The van der Waals surface area contributed by atoms with E-state index in [2.05, 4.69) is 4.90 Å². The summed E-state index contributed by atoms with van der Waals surface area (Å²) in [5.41, 5.74) is 0. The Hall–Kier alpha value is 0.360. The van der Waals surface area contributed by atoms with Gasteiger partial charge in [-0.05, 0) is 0 Å². The first-order valence-electron chi connectivity index (χ1n) is 3.84. The molecule has 62 valence electrons. The Bertz CT molecular complexity index is 168. The molecule has 1 atom stereocenters. The molecule has 0 radical (unpaired) electrons. The Balaban J connectivity index is 1.88. The van der Waals surface area contributed by atoms with Crippen molar-refractivity contribution in [1.82, 2.24) is 4.90 Å². The molecule has 0 aromatic heterocycles. The molecule has 0 amide bonds. The molecule has 0 N–H and O–H groups in total. The lowest BCUT2D eigenvalue weighted by molar-refractivity contribution is 0.0405. The van der Waals surface area contributed by atoms with Gasteiger partial charge in [-0.3, -0.25) is 4.90 Å². The van der Waals surface area contributed by atoms with E-state index in [1.54, 1.807) is 0 Å². The maximum Gasteiger partial charge on any atom is 0.0890 e. The first-order valence-corrected chi connectivity index (χ1v) is 5.30. The van der Waals surface area contributed by atoms with E-state index in [1.165, 1.54) is 4.86 Å². The first-order chi connectivity index (χ1) is 5.38. The van der Waals surface area contributed by atoms with Crippen LogP contribution < -0.4 is 0 Å². The minimum absolute atomic E-state index is 0.536. The van der Waals surface area contributed by atoms with Crippen molar-refractivity contribution in [1.29, 1.82) is 0 Å². The third-order valence-corrected chi connectivity index (χ3v) is 4.11. The van der Waals surface area contributed by atoms with Crippen molar-refractivity contribution in [2.24, 2.45) is 0 Å². The van der Waals surface area contributed by atoms with Crippen molar-refractivity contribution < 1.29 is 4.74 Å². The zero-order chi connectivity index (χ0) is 7.68. The number of ether oxygens (including phenoxy) is 1. The molecule has 2 fully saturated rings. The summed E-state index contributed by atoms with van der Waals surface area (Å²) in [7, 11) is 0. The molecular weight excluding hydrogens is 178 g/mol. The molecule has 2 aliphatic rings. The SMILES string of the molecule is S=C1CSC1N1CCOCC1. The standard InChI is InChI=1S/C7H11NOS2/c10-6-5-11-7(6)8-1-3-9-4-2-8/h7H,1-5H2. The van der Waals surface area contributed by atoms with Gasteiger partial charge in [-0.25, -0.2) is 0 Å². The highest BCUT2D eigenvalue weighted by molar-refractivity contribution is 8.06. The molecule has 0 saturated carbocycles. The van der Waals surface area contributed by atoms with Gasteiger partial charge in [-0.2, -0.15) is 0 Å². The maximum absolute atomic E-state index is 5.26. The van der Waals surface area contributed by atoms with E-state index in [4.69, 9.17) is 17.0 Å². The van der Waals surface area contributed by atoms with Crippen molar-refractivity contribution >= 4 is 28.8 Å². The number of nitrogens with zero attached hydrogens (tertiary/aromatic N) is 1. The summed E-state index contributed by atoms with van der Waals surface area (Å²) >= 11 is 7.13. The molecule has 2 saturated heterocycles. The lowest BCUT2D eigenvalue weighted by Gasteiger charge is -2.39. The molecule has 4 heteroatoms. The zero-order valence-corrected chi connectivity index (χ0v) is 7.92. The summed E-state index contributed by atoms with van der Waals surface area (Å²) in [6.07, 6.45) is 0. The normalized spacial score (nSPS) is 33.5. The second kappa shape index (κ2) is 3.39. The van der Waals surface area contributed by atoms with Crippen LogP contribution >= 0.6 is 24.0 Å². The molecule has 0 aliphatic carbocycles. The van der Waals surface area contributed by atoms with E-state index in [0.717, 1.165) is 32.1 Å². The van der Waals surface area contributed by atoms with Gasteiger partial charge in [0, 0.05) is 23.7 Å². The number of hydrogen-bond acceptors (Lipinski definition) is 4. The van der Waals surface area contributed by atoms with E-state index in [0.29, 0.717) is 5.37 Å². The highest BCUT2D eigenvalue weighted by Crippen LogP contribution is 2.29. The topological polar surface area (TPSA) is 12.5 Å². The summed E-state index contributed by atoms with van der Waals surface area (Å²) in [5, 5.41) is 0.536. The molecule has 0 bridgehead atoms. The van der Waals surface area contributed by atoms with Gasteiger partial charge < -0.3 is 4.74 Å². The fraction of sp³-hybridized carbons (Fsp3) is 0.857. The Kier molecular flexibility index (Phi) is 2.46. The molecule has 2 rings (SSSR count). The van der Waals surface area contributed by atoms with E-state index in [1.807, 2.05) is 11.8 Å². The van der Waals surface area contributed by atoms with Gasteiger partial charge in [-0.15, -0.1) is 11.8 Å². The minimum Gasteiger partial charge on any atom is -0.379 e. The van der Waals surface area contributed by atoms with E-state index in [-0.39, 0.29) is 0 Å². The monoisotopic (exact) mass is 189 g/mol. The van der Waals surface area contributed by atoms with Gasteiger partial charge >= 0.3 is 0 Å². The largest absolute Gasteiger partial charge is 0.379 e. The molecule has 2 nitrogen and oxygen atoms in total. The summed E-state index contributed by atoms with van der Waals surface area (Å²) in [6.45, 7) is 3.86. The van der Waals surface area contributed by atoms with Crippen LogP contribution in [0.5, 0.6) is 0 Å². The predicted octanol–water partition coefficient (Wildman–Crippen LogP) is 0.761. The Labute approximate surface area is 76.3 Å². The molecule has 2 heterocycles. The Morgan fingerprint density at radius 2 is 2.18 bits per heavy atom. The summed E-state index contributed by atoms with van der Waals surface area (Å²) < 4.78 is 5.26. The van der Waals surface area contributed by atoms with Crippen molar-refractivity contribution in [2.75, 3.05) is 32.1 Å². The van der Waals surface area contributed by atoms with Crippen LogP contribution in [-0.2, 0) is 4.74 Å². The molecule has 0 spiro atoms. The Morgan fingerprint density at radius 3 is 2.64 bits per heavy atom. The number of hydrogen-bond donors (Lipinski definition) is 0. The summed E-state index contributed by atoms with van der Waals surface area (Å²) in [5.74, 6) is 1.08. The van der Waals surface area contributed by atoms with Gasteiger partial charge in [0.1, 0.15) is 0 Å². The first kappa shape index (κ1) is 7.98. The smallest absolute Gasteiger partial charge is 0.0890 e. The summed E-state index contributed by atoms with van der Waals surface area (Å²) in [4.78, 5) is 3.64.